The number of hydrogen-bond donors (Lipinski definition) is 1. The fraction of sp³-hybridized carbons (Fsp3) is 0.250. The summed E-state index contributed by atoms with van der Waals surface area (Å²) in [6.45, 7) is 7.04. The normalized spacial score (nSPS) is 10.9. The molecule has 0 aliphatic heterocycles. The zero-order valence-corrected chi connectivity index (χ0v) is 12.0. The average Bonchev–Trinajstić information content (AvgIpc) is 2.81. The summed E-state index contributed by atoms with van der Waals surface area (Å²) in [5.74, 6) is 0.899. The monoisotopic (exact) mass is 266 g/mol. The highest BCUT2D eigenvalue weighted by molar-refractivity contribution is 5.67. The summed E-state index contributed by atoms with van der Waals surface area (Å²) < 4.78 is 1.99. The molecule has 0 saturated carbocycles. The molecule has 0 spiro atoms. The Bertz CT molecular complexity index is 738. The van der Waals surface area contributed by atoms with Gasteiger partial charge < -0.3 is 5.32 Å². The lowest BCUT2D eigenvalue weighted by atomic mass is 10.0. The van der Waals surface area contributed by atoms with Crippen LogP contribution in [0.2, 0.25) is 0 Å². The van der Waals surface area contributed by atoms with Crippen LogP contribution in [0.5, 0.6) is 0 Å². The lowest BCUT2D eigenvalue weighted by Crippen LogP contribution is -2.05. The summed E-state index contributed by atoms with van der Waals surface area (Å²) >= 11 is 0. The van der Waals surface area contributed by atoms with Crippen LogP contribution < -0.4 is 5.32 Å². The highest BCUT2D eigenvalue weighted by Crippen LogP contribution is 2.19. The van der Waals surface area contributed by atoms with E-state index in [9.17, 15) is 0 Å². The third-order valence-electron chi connectivity index (χ3n) is 3.71. The largest absolute Gasteiger partial charge is 0.378 e. The molecule has 0 aliphatic carbocycles. The van der Waals surface area contributed by atoms with Crippen LogP contribution in [0.1, 0.15) is 22.5 Å². The van der Waals surface area contributed by atoms with Crippen molar-refractivity contribution in [3.8, 4) is 0 Å². The number of hydrogen-bond acceptors (Lipinski definition) is 3. The topological polar surface area (TPSA) is 42.2 Å². The van der Waals surface area contributed by atoms with Crippen molar-refractivity contribution in [3.05, 3.63) is 59.0 Å². The summed E-state index contributed by atoms with van der Waals surface area (Å²) in [5.41, 5.74) is 5.84. The van der Waals surface area contributed by atoms with Gasteiger partial charge in [0.15, 0.2) is 5.65 Å². The van der Waals surface area contributed by atoms with E-state index in [1.165, 1.54) is 16.7 Å². The second-order valence-corrected chi connectivity index (χ2v) is 5.09. The van der Waals surface area contributed by atoms with Gasteiger partial charge in [0.05, 0.1) is 5.69 Å². The summed E-state index contributed by atoms with van der Waals surface area (Å²) in [5, 5.41) is 11.8. The Kier molecular flexibility index (Phi) is 3.14. The van der Waals surface area contributed by atoms with Crippen LogP contribution in [-0.4, -0.2) is 14.6 Å². The second kappa shape index (κ2) is 4.96. The first-order valence-electron chi connectivity index (χ1n) is 6.76. The van der Waals surface area contributed by atoms with Crippen LogP contribution in [0.3, 0.4) is 0 Å². The molecule has 0 saturated heterocycles. The van der Waals surface area contributed by atoms with Crippen molar-refractivity contribution in [2.24, 2.45) is 0 Å². The Morgan fingerprint density at radius 3 is 2.50 bits per heavy atom. The first kappa shape index (κ1) is 12.7. The van der Waals surface area contributed by atoms with Crippen LogP contribution in [0.15, 0.2) is 36.5 Å². The lowest BCUT2D eigenvalue weighted by Gasteiger charge is -2.12. The molecule has 0 fully saturated rings. The zero-order valence-electron chi connectivity index (χ0n) is 12.0. The molecule has 0 bridgehead atoms. The maximum atomic E-state index is 4.23. The average molecular weight is 266 g/mol. The van der Waals surface area contributed by atoms with E-state index in [1.807, 2.05) is 29.7 Å². The predicted octanol–water partition coefficient (Wildman–Crippen LogP) is 3.27. The van der Waals surface area contributed by atoms with Crippen molar-refractivity contribution in [3.63, 3.8) is 0 Å². The van der Waals surface area contributed by atoms with E-state index < -0.39 is 0 Å². The van der Waals surface area contributed by atoms with E-state index in [0.29, 0.717) is 0 Å². The van der Waals surface area contributed by atoms with E-state index in [2.05, 4.69) is 47.6 Å². The number of nitrogens with one attached hydrogen (secondary N) is 1. The van der Waals surface area contributed by atoms with Crippen LogP contribution in [0, 0.1) is 20.8 Å². The molecule has 0 radical (unpaired) electrons. The molecule has 1 N–H and O–H groups in total. The Morgan fingerprint density at radius 2 is 1.75 bits per heavy atom. The number of pyridine rings is 1. The molecule has 0 aliphatic rings. The number of fused-ring (bicyclic) bond motifs is 1. The highest BCUT2D eigenvalue weighted by atomic mass is 15.2. The molecular formula is C16H18N4. The van der Waals surface area contributed by atoms with Crippen molar-refractivity contribution < 1.29 is 0 Å². The number of aryl methyl sites for hydroxylation is 3. The van der Waals surface area contributed by atoms with Crippen molar-refractivity contribution in [1.82, 2.24) is 14.6 Å². The molecule has 2 aromatic heterocycles. The quantitative estimate of drug-likeness (QED) is 0.791. The standard InChI is InChI=1S/C16H18N4/c1-11-6-4-7-12(2)14(11)10-17-15-8-5-9-20-13(3)18-19-16(15)20/h4-9,17H,10H2,1-3H3. The van der Waals surface area contributed by atoms with Gasteiger partial charge in [-0.05, 0) is 49.6 Å². The first-order valence-corrected chi connectivity index (χ1v) is 6.76. The summed E-state index contributed by atoms with van der Waals surface area (Å²) in [6, 6.07) is 10.4. The fourth-order valence-electron chi connectivity index (χ4n) is 2.48. The van der Waals surface area contributed by atoms with Crippen molar-refractivity contribution >= 4 is 11.3 Å². The molecule has 0 atom stereocenters. The maximum absolute atomic E-state index is 4.23. The van der Waals surface area contributed by atoms with Crippen LogP contribution in [0.25, 0.3) is 5.65 Å². The van der Waals surface area contributed by atoms with E-state index >= 15 is 0 Å². The van der Waals surface area contributed by atoms with Crippen molar-refractivity contribution in [1.29, 1.82) is 0 Å². The van der Waals surface area contributed by atoms with E-state index in [4.69, 9.17) is 0 Å². The fourth-order valence-corrected chi connectivity index (χ4v) is 2.48. The van der Waals surface area contributed by atoms with Gasteiger partial charge in [-0.3, -0.25) is 4.40 Å². The SMILES string of the molecule is Cc1cccc(C)c1CNc1cccn2c(C)nnc12. The molecule has 0 unspecified atom stereocenters. The number of benzene rings is 1. The third-order valence-corrected chi connectivity index (χ3v) is 3.71. The molecule has 20 heavy (non-hydrogen) atoms. The molecular weight excluding hydrogens is 248 g/mol. The van der Waals surface area contributed by atoms with Crippen LogP contribution >= 0.6 is 0 Å². The number of nitrogens with zero attached hydrogens (tertiary/aromatic N) is 3. The Morgan fingerprint density at radius 1 is 1.00 bits per heavy atom. The van der Waals surface area contributed by atoms with Gasteiger partial charge in [0, 0.05) is 12.7 Å². The van der Waals surface area contributed by atoms with Gasteiger partial charge >= 0.3 is 0 Å². The molecule has 4 nitrogen and oxygen atoms in total. The van der Waals surface area contributed by atoms with Gasteiger partial charge in [0.2, 0.25) is 0 Å². The maximum Gasteiger partial charge on any atom is 0.184 e. The van der Waals surface area contributed by atoms with E-state index in [0.717, 1.165) is 23.7 Å². The number of rotatable bonds is 3. The van der Waals surface area contributed by atoms with Gasteiger partial charge in [0.25, 0.3) is 0 Å². The molecule has 1 aromatic carbocycles. The minimum Gasteiger partial charge on any atom is -0.378 e. The van der Waals surface area contributed by atoms with Gasteiger partial charge in [-0.1, -0.05) is 18.2 Å². The number of aromatic nitrogens is 3. The smallest absolute Gasteiger partial charge is 0.184 e. The molecule has 4 heteroatoms. The molecule has 3 aromatic rings. The van der Waals surface area contributed by atoms with Crippen LogP contribution in [-0.2, 0) is 6.54 Å². The van der Waals surface area contributed by atoms with Crippen molar-refractivity contribution in [2.45, 2.75) is 27.3 Å². The number of anilines is 1. The van der Waals surface area contributed by atoms with Gasteiger partial charge in [0.1, 0.15) is 5.82 Å². The van der Waals surface area contributed by atoms with Crippen LogP contribution in [0.4, 0.5) is 5.69 Å². The highest BCUT2D eigenvalue weighted by Gasteiger charge is 2.07. The second-order valence-electron chi connectivity index (χ2n) is 5.09. The van der Waals surface area contributed by atoms with Gasteiger partial charge in [-0.15, -0.1) is 10.2 Å². The van der Waals surface area contributed by atoms with Gasteiger partial charge in [-0.2, -0.15) is 0 Å². The Balaban J connectivity index is 1.91. The first-order chi connectivity index (χ1) is 9.66. The molecule has 2 heterocycles. The lowest BCUT2D eigenvalue weighted by molar-refractivity contribution is 1.01. The van der Waals surface area contributed by atoms with E-state index in [-0.39, 0.29) is 0 Å². The molecule has 102 valence electrons. The molecule has 0 amide bonds. The summed E-state index contributed by atoms with van der Waals surface area (Å²) in [7, 11) is 0. The zero-order chi connectivity index (χ0) is 14.1. The van der Waals surface area contributed by atoms with E-state index in [1.54, 1.807) is 0 Å². The minimum atomic E-state index is 0.796. The minimum absolute atomic E-state index is 0.796. The predicted molar refractivity (Wildman–Crippen MR) is 81.0 cm³/mol. The third kappa shape index (κ3) is 2.13. The molecule has 3 rings (SSSR count). The Hall–Kier alpha value is -2.36. The Labute approximate surface area is 118 Å². The summed E-state index contributed by atoms with van der Waals surface area (Å²) in [4.78, 5) is 0. The van der Waals surface area contributed by atoms with Crippen molar-refractivity contribution in [2.75, 3.05) is 5.32 Å². The summed E-state index contributed by atoms with van der Waals surface area (Å²) in [6.07, 6.45) is 1.98. The van der Waals surface area contributed by atoms with Gasteiger partial charge in [-0.25, -0.2) is 0 Å².